The van der Waals surface area contributed by atoms with Crippen molar-refractivity contribution in [2.75, 3.05) is 20.2 Å². The van der Waals surface area contributed by atoms with Crippen molar-refractivity contribution in [3.05, 3.63) is 0 Å². The minimum Gasteiger partial charge on any atom is -0.374 e. The Morgan fingerprint density at radius 1 is 1.27 bits per heavy atom. The van der Waals surface area contributed by atoms with Crippen LogP contribution in [0.25, 0.3) is 0 Å². The SMILES string of the molecule is CCC(C)(CNC)OCCCC(F)(F)F. The van der Waals surface area contributed by atoms with Crippen LogP contribution < -0.4 is 5.32 Å². The van der Waals surface area contributed by atoms with E-state index in [-0.39, 0.29) is 18.6 Å². The van der Waals surface area contributed by atoms with Crippen LogP contribution >= 0.6 is 0 Å². The largest absolute Gasteiger partial charge is 0.389 e. The molecule has 0 saturated carbocycles. The lowest BCUT2D eigenvalue weighted by Gasteiger charge is -2.28. The van der Waals surface area contributed by atoms with E-state index in [2.05, 4.69) is 5.32 Å². The smallest absolute Gasteiger partial charge is 0.374 e. The normalized spacial score (nSPS) is 16.4. The van der Waals surface area contributed by atoms with Crippen LogP contribution in [0.15, 0.2) is 0 Å². The Morgan fingerprint density at radius 3 is 2.27 bits per heavy atom. The minimum absolute atomic E-state index is 0.0306. The van der Waals surface area contributed by atoms with Crippen molar-refractivity contribution < 1.29 is 17.9 Å². The number of hydrogen-bond acceptors (Lipinski definition) is 2. The maximum atomic E-state index is 11.8. The summed E-state index contributed by atoms with van der Waals surface area (Å²) in [6.07, 6.45) is -4.04. The van der Waals surface area contributed by atoms with Crippen LogP contribution in [0.4, 0.5) is 13.2 Å². The first-order chi connectivity index (χ1) is 6.83. The van der Waals surface area contributed by atoms with E-state index in [1.807, 2.05) is 13.8 Å². The molecular formula is C10H20F3NO. The summed E-state index contributed by atoms with van der Waals surface area (Å²) in [5.74, 6) is 0. The van der Waals surface area contributed by atoms with Crippen LogP contribution in [0.1, 0.15) is 33.1 Å². The van der Waals surface area contributed by atoms with Gasteiger partial charge in [-0.25, -0.2) is 0 Å². The second-order valence-corrected chi connectivity index (χ2v) is 3.90. The zero-order chi connectivity index (χ0) is 11.9. The molecule has 1 atom stereocenters. The van der Waals surface area contributed by atoms with E-state index in [0.29, 0.717) is 6.54 Å². The molecular weight excluding hydrogens is 207 g/mol. The molecule has 0 aromatic carbocycles. The van der Waals surface area contributed by atoms with Crippen LogP contribution in [0.3, 0.4) is 0 Å². The fourth-order valence-corrected chi connectivity index (χ4v) is 1.24. The molecule has 0 aromatic rings. The third-order valence-corrected chi connectivity index (χ3v) is 2.35. The molecule has 0 fully saturated rings. The lowest BCUT2D eigenvalue weighted by Crippen LogP contribution is -2.38. The fourth-order valence-electron chi connectivity index (χ4n) is 1.24. The summed E-state index contributed by atoms with van der Waals surface area (Å²) >= 11 is 0. The van der Waals surface area contributed by atoms with Crippen molar-refractivity contribution in [1.82, 2.24) is 5.32 Å². The first-order valence-corrected chi connectivity index (χ1v) is 5.18. The Balaban J connectivity index is 3.73. The van der Waals surface area contributed by atoms with Crippen molar-refractivity contribution >= 4 is 0 Å². The monoisotopic (exact) mass is 227 g/mol. The van der Waals surface area contributed by atoms with E-state index in [0.717, 1.165) is 6.42 Å². The van der Waals surface area contributed by atoms with Crippen molar-refractivity contribution in [2.24, 2.45) is 0 Å². The van der Waals surface area contributed by atoms with Gasteiger partial charge in [-0.15, -0.1) is 0 Å². The van der Waals surface area contributed by atoms with Gasteiger partial charge < -0.3 is 10.1 Å². The summed E-state index contributed by atoms with van der Waals surface area (Å²) in [4.78, 5) is 0. The molecule has 0 heterocycles. The minimum atomic E-state index is -4.07. The number of likely N-dealkylation sites (N-methyl/N-ethyl adjacent to an activating group) is 1. The summed E-state index contributed by atoms with van der Waals surface area (Å²) in [6, 6.07) is 0. The van der Waals surface area contributed by atoms with Gasteiger partial charge in [0.1, 0.15) is 0 Å². The van der Waals surface area contributed by atoms with Crippen molar-refractivity contribution in [3.63, 3.8) is 0 Å². The summed E-state index contributed by atoms with van der Waals surface area (Å²) in [5, 5.41) is 2.97. The Hall–Kier alpha value is -0.290. The van der Waals surface area contributed by atoms with Crippen LogP contribution in [0.2, 0.25) is 0 Å². The number of hydrogen-bond donors (Lipinski definition) is 1. The predicted molar refractivity (Wildman–Crippen MR) is 53.9 cm³/mol. The number of nitrogens with one attached hydrogen (secondary N) is 1. The number of ether oxygens (including phenoxy) is 1. The highest BCUT2D eigenvalue weighted by Crippen LogP contribution is 2.22. The number of halogens is 3. The number of rotatable bonds is 7. The molecule has 0 rings (SSSR count). The zero-order valence-electron chi connectivity index (χ0n) is 9.58. The lowest BCUT2D eigenvalue weighted by atomic mass is 10.0. The standard InChI is InChI=1S/C10H20F3NO/c1-4-9(2,8-14-3)15-7-5-6-10(11,12)13/h14H,4-8H2,1-3H3. The molecule has 0 radical (unpaired) electrons. The molecule has 0 aliphatic carbocycles. The van der Waals surface area contributed by atoms with Crippen molar-refractivity contribution in [3.8, 4) is 0 Å². The van der Waals surface area contributed by atoms with Crippen LogP contribution in [-0.4, -0.2) is 32.0 Å². The van der Waals surface area contributed by atoms with Gasteiger partial charge in [0.25, 0.3) is 0 Å². The molecule has 0 aliphatic heterocycles. The Bertz CT molecular complexity index is 173. The van der Waals surface area contributed by atoms with Gasteiger partial charge in [0.05, 0.1) is 5.60 Å². The third-order valence-electron chi connectivity index (χ3n) is 2.35. The van der Waals surface area contributed by atoms with E-state index in [1.165, 1.54) is 0 Å². The van der Waals surface area contributed by atoms with Gasteiger partial charge in [0, 0.05) is 19.6 Å². The van der Waals surface area contributed by atoms with Gasteiger partial charge in [0.15, 0.2) is 0 Å². The van der Waals surface area contributed by atoms with Crippen LogP contribution in [0, 0.1) is 0 Å². The van der Waals surface area contributed by atoms with E-state index in [1.54, 1.807) is 7.05 Å². The average molecular weight is 227 g/mol. The highest BCUT2D eigenvalue weighted by atomic mass is 19.4. The maximum Gasteiger partial charge on any atom is 0.389 e. The topological polar surface area (TPSA) is 21.3 Å². The second kappa shape index (κ2) is 6.33. The van der Waals surface area contributed by atoms with E-state index in [4.69, 9.17) is 4.74 Å². The quantitative estimate of drug-likeness (QED) is 0.675. The maximum absolute atomic E-state index is 11.8. The predicted octanol–water partition coefficient (Wildman–Crippen LogP) is 2.73. The lowest BCUT2D eigenvalue weighted by molar-refractivity contribution is -0.141. The van der Waals surface area contributed by atoms with Gasteiger partial charge in [0.2, 0.25) is 0 Å². The summed E-state index contributed by atoms with van der Waals surface area (Å²) in [5.41, 5.74) is -0.361. The summed E-state index contributed by atoms with van der Waals surface area (Å²) in [7, 11) is 1.80. The van der Waals surface area contributed by atoms with Crippen molar-refractivity contribution in [1.29, 1.82) is 0 Å². The first kappa shape index (κ1) is 14.7. The molecule has 0 aliphatic rings. The Kier molecular flexibility index (Phi) is 6.20. The van der Waals surface area contributed by atoms with Crippen molar-refractivity contribution in [2.45, 2.75) is 44.9 Å². The number of alkyl halides is 3. The molecule has 0 amide bonds. The van der Waals surface area contributed by atoms with Gasteiger partial charge in [-0.3, -0.25) is 0 Å². The van der Waals surface area contributed by atoms with Crippen LogP contribution in [-0.2, 0) is 4.74 Å². The van der Waals surface area contributed by atoms with Gasteiger partial charge in [-0.1, -0.05) is 6.92 Å². The molecule has 5 heteroatoms. The molecule has 0 aromatic heterocycles. The molecule has 1 unspecified atom stereocenters. The highest BCUT2D eigenvalue weighted by Gasteiger charge is 2.27. The zero-order valence-corrected chi connectivity index (χ0v) is 9.58. The van der Waals surface area contributed by atoms with E-state index < -0.39 is 12.6 Å². The molecule has 1 N–H and O–H groups in total. The van der Waals surface area contributed by atoms with Crippen LogP contribution in [0.5, 0.6) is 0 Å². The van der Waals surface area contributed by atoms with Gasteiger partial charge in [-0.05, 0) is 26.8 Å². The average Bonchev–Trinajstić information content (AvgIpc) is 2.12. The fraction of sp³-hybridized carbons (Fsp3) is 1.00. The van der Waals surface area contributed by atoms with Gasteiger partial charge >= 0.3 is 6.18 Å². The Labute approximate surface area is 89.2 Å². The summed E-state index contributed by atoms with van der Waals surface area (Å²) in [6.45, 7) is 4.67. The molecule has 92 valence electrons. The third kappa shape index (κ3) is 7.62. The summed E-state index contributed by atoms with van der Waals surface area (Å²) < 4.78 is 41.0. The molecule has 0 saturated heterocycles. The van der Waals surface area contributed by atoms with Gasteiger partial charge in [-0.2, -0.15) is 13.2 Å². The molecule has 0 spiro atoms. The second-order valence-electron chi connectivity index (χ2n) is 3.90. The molecule has 0 bridgehead atoms. The highest BCUT2D eigenvalue weighted by molar-refractivity contribution is 4.75. The van der Waals surface area contributed by atoms with E-state index in [9.17, 15) is 13.2 Å². The first-order valence-electron chi connectivity index (χ1n) is 5.18. The van der Waals surface area contributed by atoms with E-state index >= 15 is 0 Å². The molecule has 2 nitrogen and oxygen atoms in total. The molecule has 15 heavy (non-hydrogen) atoms. The Morgan fingerprint density at radius 2 is 1.87 bits per heavy atom.